The molecule has 2 rings (SSSR count). The number of sulfonamides is 1. The largest absolute Gasteiger partial charge is 0.399 e. The van der Waals surface area contributed by atoms with E-state index >= 15 is 0 Å². The lowest BCUT2D eigenvalue weighted by molar-refractivity contribution is 0.341. The van der Waals surface area contributed by atoms with Gasteiger partial charge in [0.25, 0.3) is 0 Å². The molecule has 1 saturated heterocycles. The van der Waals surface area contributed by atoms with E-state index in [0.717, 1.165) is 19.3 Å². The molecule has 0 aromatic heterocycles. The maximum absolute atomic E-state index is 12.8. The average Bonchev–Trinajstić information content (AvgIpc) is 2.67. The first kappa shape index (κ1) is 16.6. The van der Waals surface area contributed by atoms with E-state index in [1.54, 1.807) is 16.4 Å². The summed E-state index contributed by atoms with van der Waals surface area (Å²) in [5.74, 6) is 1.17. The van der Waals surface area contributed by atoms with Gasteiger partial charge in [0.05, 0.1) is 5.02 Å². The maximum atomic E-state index is 12.8. The Hall–Kier alpha value is -0.780. The summed E-state index contributed by atoms with van der Waals surface area (Å²) in [6.07, 6.45) is 2.87. The van der Waals surface area contributed by atoms with Crippen molar-refractivity contribution in [3.8, 4) is 0 Å². The fourth-order valence-electron chi connectivity index (χ4n) is 2.86. The van der Waals surface area contributed by atoms with Gasteiger partial charge in [0.15, 0.2) is 0 Å². The number of halogens is 1. The number of hydrogen-bond acceptors (Lipinski definition) is 3. The highest BCUT2D eigenvalue weighted by molar-refractivity contribution is 7.89. The zero-order valence-electron chi connectivity index (χ0n) is 12.5. The minimum Gasteiger partial charge on any atom is -0.399 e. The highest BCUT2D eigenvalue weighted by Gasteiger charge is 2.30. The predicted molar refractivity (Wildman–Crippen MR) is 86.8 cm³/mol. The zero-order chi connectivity index (χ0) is 15.6. The van der Waals surface area contributed by atoms with Gasteiger partial charge in [-0.2, -0.15) is 4.31 Å². The lowest BCUT2D eigenvalue weighted by atomic mass is 9.89. The van der Waals surface area contributed by atoms with E-state index in [1.165, 1.54) is 6.07 Å². The van der Waals surface area contributed by atoms with Gasteiger partial charge < -0.3 is 5.73 Å². The molecule has 6 heteroatoms. The molecule has 1 aromatic rings. The first-order chi connectivity index (χ1) is 9.82. The number of anilines is 1. The van der Waals surface area contributed by atoms with Crippen LogP contribution >= 0.6 is 11.6 Å². The van der Waals surface area contributed by atoms with E-state index in [-0.39, 0.29) is 9.92 Å². The van der Waals surface area contributed by atoms with Crippen molar-refractivity contribution < 1.29 is 8.42 Å². The average molecular weight is 331 g/mol. The van der Waals surface area contributed by atoms with Crippen LogP contribution in [0, 0.1) is 11.8 Å². The zero-order valence-corrected chi connectivity index (χ0v) is 14.1. The summed E-state index contributed by atoms with van der Waals surface area (Å²) in [5, 5.41) is 0.230. The van der Waals surface area contributed by atoms with Crippen molar-refractivity contribution in [2.45, 2.75) is 38.0 Å². The van der Waals surface area contributed by atoms with Crippen molar-refractivity contribution in [3.05, 3.63) is 23.2 Å². The predicted octanol–water partition coefficient (Wildman–Crippen LogP) is 3.37. The molecule has 1 fully saturated rings. The van der Waals surface area contributed by atoms with E-state index in [1.807, 2.05) is 0 Å². The van der Waals surface area contributed by atoms with Gasteiger partial charge >= 0.3 is 0 Å². The van der Waals surface area contributed by atoms with E-state index in [0.29, 0.717) is 30.6 Å². The van der Waals surface area contributed by atoms with Crippen molar-refractivity contribution >= 4 is 27.3 Å². The van der Waals surface area contributed by atoms with E-state index in [4.69, 9.17) is 17.3 Å². The van der Waals surface area contributed by atoms with Gasteiger partial charge in [0.1, 0.15) is 4.90 Å². The van der Waals surface area contributed by atoms with Crippen molar-refractivity contribution in [1.29, 1.82) is 0 Å². The summed E-state index contributed by atoms with van der Waals surface area (Å²) in [6.45, 7) is 5.50. The molecule has 1 aromatic carbocycles. The minimum absolute atomic E-state index is 0.118. The fraction of sp³-hybridized carbons (Fsp3) is 0.600. The van der Waals surface area contributed by atoms with Gasteiger partial charge in [-0.05, 0) is 49.3 Å². The Morgan fingerprint density at radius 2 is 2.00 bits per heavy atom. The SMILES string of the molecule is CC(C)C1CCCN(S(=O)(=O)c2cc(N)ccc2Cl)CC1. The summed E-state index contributed by atoms with van der Waals surface area (Å²) in [7, 11) is -3.57. The van der Waals surface area contributed by atoms with Gasteiger partial charge in [-0.25, -0.2) is 8.42 Å². The molecule has 0 radical (unpaired) electrons. The first-order valence-electron chi connectivity index (χ1n) is 7.37. The number of nitrogen functional groups attached to an aromatic ring is 1. The van der Waals surface area contributed by atoms with Gasteiger partial charge in [0.2, 0.25) is 10.0 Å². The van der Waals surface area contributed by atoms with Crippen molar-refractivity contribution in [3.63, 3.8) is 0 Å². The quantitative estimate of drug-likeness (QED) is 0.864. The Kier molecular flexibility index (Phi) is 5.17. The molecule has 0 aliphatic carbocycles. The smallest absolute Gasteiger partial charge is 0.244 e. The monoisotopic (exact) mass is 330 g/mol. The van der Waals surface area contributed by atoms with Crippen LogP contribution in [0.5, 0.6) is 0 Å². The number of hydrogen-bond donors (Lipinski definition) is 1. The third-order valence-electron chi connectivity index (χ3n) is 4.25. The second kappa shape index (κ2) is 6.55. The first-order valence-corrected chi connectivity index (χ1v) is 9.19. The molecular formula is C15H23ClN2O2S. The molecule has 0 amide bonds. The summed E-state index contributed by atoms with van der Waals surface area (Å²) >= 11 is 6.06. The van der Waals surface area contributed by atoms with Crippen LogP contribution in [0.2, 0.25) is 5.02 Å². The van der Waals surface area contributed by atoms with Gasteiger partial charge in [-0.15, -0.1) is 0 Å². The summed E-state index contributed by atoms with van der Waals surface area (Å²) < 4.78 is 27.1. The Bertz CT molecular complexity index is 602. The molecule has 21 heavy (non-hydrogen) atoms. The Morgan fingerprint density at radius 3 is 2.67 bits per heavy atom. The van der Waals surface area contributed by atoms with Crippen molar-refractivity contribution in [2.75, 3.05) is 18.8 Å². The lowest BCUT2D eigenvalue weighted by Crippen LogP contribution is -2.32. The third-order valence-corrected chi connectivity index (χ3v) is 6.63. The Morgan fingerprint density at radius 1 is 1.29 bits per heavy atom. The van der Waals surface area contributed by atoms with Crippen molar-refractivity contribution in [1.82, 2.24) is 4.31 Å². The molecule has 0 bridgehead atoms. The van der Waals surface area contributed by atoms with Gasteiger partial charge in [-0.1, -0.05) is 25.4 Å². The normalized spacial score (nSPS) is 21.4. The molecule has 2 N–H and O–H groups in total. The molecule has 1 unspecified atom stereocenters. The van der Waals surface area contributed by atoms with Crippen LogP contribution in [0.1, 0.15) is 33.1 Å². The van der Waals surface area contributed by atoms with E-state index in [9.17, 15) is 8.42 Å². The van der Waals surface area contributed by atoms with Crippen LogP contribution < -0.4 is 5.73 Å². The van der Waals surface area contributed by atoms with E-state index in [2.05, 4.69) is 13.8 Å². The Labute approximate surface area is 132 Å². The molecule has 0 spiro atoms. The molecule has 0 saturated carbocycles. The molecule has 1 atom stereocenters. The summed E-state index contributed by atoms with van der Waals surface area (Å²) in [5.41, 5.74) is 6.11. The maximum Gasteiger partial charge on any atom is 0.244 e. The second-order valence-electron chi connectivity index (χ2n) is 6.03. The Balaban J connectivity index is 2.25. The minimum atomic E-state index is -3.57. The standard InChI is InChI=1S/C15H23ClN2O2S/c1-11(2)12-4-3-8-18(9-7-12)21(19,20)15-10-13(17)5-6-14(15)16/h5-6,10-12H,3-4,7-9,17H2,1-2H3. The van der Waals surface area contributed by atoms with Crippen LogP contribution in [0.25, 0.3) is 0 Å². The van der Waals surface area contributed by atoms with Gasteiger partial charge in [-0.3, -0.25) is 0 Å². The summed E-state index contributed by atoms with van der Waals surface area (Å²) in [6, 6.07) is 4.60. The molecule has 1 aliphatic rings. The van der Waals surface area contributed by atoms with Crippen molar-refractivity contribution in [2.24, 2.45) is 11.8 Å². The second-order valence-corrected chi connectivity index (χ2v) is 8.34. The number of benzene rings is 1. The van der Waals surface area contributed by atoms with Gasteiger partial charge in [0, 0.05) is 18.8 Å². The topological polar surface area (TPSA) is 63.4 Å². The molecular weight excluding hydrogens is 308 g/mol. The summed E-state index contributed by atoms with van der Waals surface area (Å²) in [4.78, 5) is 0.118. The fourth-order valence-corrected chi connectivity index (χ4v) is 4.86. The highest BCUT2D eigenvalue weighted by Crippen LogP contribution is 2.30. The highest BCUT2D eigenvalue weighted by atomic mass is 35.5. The van der Waals surface area contributed by atoms with Crippen LogP contribution in [0.4, 0.5) is 5.69 Å². The molecule has 4 nitrogen and oxygen atoms in total. The number of nitrogens with two attached hydrogens (primary N) is 1. The molecule has 1 heterocycles. The van der Waals surface area contributed by atoms with E-state index < -0.39 is 10.0 Å². The third kappa shape index (κ3) is 3.71. The van der Waals surface area contributed by atoms with Crippen LogP contribution in [-0.4, -0.2) is 25.8 Å². The molecule has 118 valence electrons. The lowest BCUT2D eigenvalue weighted by Gasteiger charge is -2.22. The molecule has 1 aliphatic heterocycles. The van der Waals surface area contributed by atoms with Crippen LogP contribution in [0.15, 0.2) is 23.1 Å². The van der Waals surface area contributed by atoms with Crippen LogP contribution in [0.3, 0.4) is 0 Å². The van der Waals surface area contributed by atoms with Crippen LogP contribution in [-0.2, 0) is 10.0 Å². The number of nitrogens with zero attached hydrogens (tertiary/aromatic N) is 1. The number of rotatable bonds is 3.